The molecule has 0 fully saturated rings. The van der Waals surface area contributed by atoms with E-state index in [2.05, 4.69) is 18.8 Å². The van der Waals surface area contributed by atoms with Crippen molar-refractivity contribution in [2.75, 3.05) is 13.1 Å². The second-order valence-electron chi connectivity index (χ2n) is 5.88. The molecular weight excluding hydrogens is 262 g/mol. The Morgan fingerprint density at radius 3 is 2.48 bits per heavy atom. The predicted molar refractivity (Wildman–Crippen MR) is 86.6 cm³/mol. The number of hydrogen-bond donors (Lipinski definition) is 1. The van der Waals surface area contributed by atoms with Crippen molar-refractivity contribution in [1.29, 1.82) is 0 Å². The lowest BCUT2D eigenvalue weighted by Gasteiger charge is -2.24. The van der Waals surface area contributed by atoms with E-state index in [4.69, 9.17) is 5.73 Å². The Balaban J connectivity index is 2.51. The Bertz CT molecular complexity index is 406. The van der Waals surface area contributed by atoms with Crippen LogP contribution in [0.25, 0.3) is 0 Å². The highest BCUT2D eigenvalue weighted by Crippen LogP contribution is 2.21. The first-order valence-corrected chi connectivity index (χ1v) is 7.95. The van der Waals surface area contributed by atoms with Gasteiger partial charge >= 0.3 is 0 Å². The topological polar surface area (TPSA) is 59.2 Å². The smallest absolute Gasteiger partial charge is 0.222 e. The van der Waals surface area contributed by atoms with Crippen LogP contribution in [0.15, 0.2) is 24.5 Å². The van der Waals surface area contributed by atoms with Crippen LogP contribution < -0.4 is 5.73 Å². The molecule has 0 saturated carbocycles. The average Bonchev–Trinajstić information content (AvgIpc) is 2.49. The highest BCUT2D eigenvalue weighted by Gasteiger charge is 2.17. The maximum Gasteiger partial charge on any atom is 0.222 e. The van der Waals surface area contributed by atoms with E-state index in [1.807, 2.05) is 24.0 Å². The Hall–Kier alpha value is -1.42. The number of carbonyl (C=O) groups is 1. The Morgan fingerprint density at radius 2 is 1.95 bits per heavy atom. The number of carbonyl (C=O) groups excluding carboxylic acids is 1. The quantitative estimate of drug-likeness (QED) is 0.761. The molecule has 1 unspecified atom stereocenters. The number of rotatable bonds is 9. The van der Waals surface area contributed by atoms with E-state index in [0.29, 0.717) is 31.3 Å². The summed E-state index contributed by atoms with van der Waals surface area (Å²) in [5.74, 6) is 1.35. The van der Waals surface area contributed by atoms with Crippen LogP contribution in [-0.4, -0.2) is 28.9 Å². The molecule has 0 aliphatic rings. The Labute approximate surface area is 128 Å². The fourth-order valence-electron chi connectivity index (χ4n) is 2.58. The van der Waals surface area contributed by atoms with Crippen LogP contribution >= 0.6 is 0 Å². The van der Waals surface area contributed by atoms with Gasteiger partial charge in [-0.2, -0.15) is 0 Å². The summed E-state index contributed by atoms with van der Waals surface area (Å²) in [4.78, 5) is 18.3. The third-order valence-corrected chi connectivity index (χ3v) is 4.07. The molecule has 4 nitrogen and oxygen atoms in total. The largest absolute Gasteiger partial charge is 0.339 e. The van der Waals surface area contributed by atoms with Gasteiger partial charge in [-0.3, -0.25) is 9.78 Å². The highest BCUT2D eigenvalue weighted by atomic mass is 16.2. The van der Waals surface area contributed by atoms with Crippen LogP contribution in [0.1, 0.15) is 45.6 Å². The number of nitrogens with two attached hydrogens (primary N) is 1. The summed E-state index contributed by atoms with van der Waals surface area (Å²) in [6, 6.07) is 3.92. The predicted octanol–water partition coefficient (Wildman–Crippen LogP) is 2.83. The molecule has 0 spiro atoms. The van der Waals surface area contributed by atoms with E-state index in [-0.39, 0.29) is 5.91 Å². The first kappa shape index (κ1) is 17.6. The molecule has 1 aromatic heterocycles. The number of hydrogen-bond acceptors (Lipinski definition) is 3. The number of pyridine rings is 1. The fraction of sp³-hybridized carbons (Fsp3) is 0.647. The molecule has 0 radical (unpaired) electrons. The van der Waals surface area contributed by atoms with E-state index < -0.39 is 0 Å². The molecule has 0 bridgehead atoms. The van der Waals surface area contributed by atoms with Crippen molar-refractivity contribution in [2.45, 2.75) is 46.6 Å². The number of aromatic nitrogens is 1. The van der Waals surface area contributed by atoms with Crippen molar-refractivity contribution < 1.29 is 4.79 Å². The molecule has 1 rings (SSSR count). The van der Waals surface area contributed by atoms with Crippen LogP contribution in [0.2, 0.25) is 0 Å². The van der Waals surface area contributed by atoms with Gasteiger partial charge in [0.15, 0.2) is 0 Å². The third kappa shape index (κ3) is 6.25. The van der Waals surface area contributed by atoms with E-state index >= 15 is 0 Å². The summed E-state index contributed by atoms with van der Waals surface area (Å²) >= 11 is 0. The van der Waals surface area contributed by atoms with E-state index in [0.717, 1.165) is 24.9 Å². The van der Waals surface area contributed by atoms with Gasteiger partial charge in [0.1, 0.15) is 0 Å². The molecule has 0 aromatic carbocycles. The first-order valence-electron chi connectivity index (χ1n) is 7.95. The number of nitrogens with zero attached hydrogens (tertiary/aromatic N) is 2. The van der Waals surface area contributed by atoms with Crippen molar-refractivity contribution in [3.63, 3.8) is 0 Å². The molecule has 21 heavy (non-hydrogen) atoms. The maximum atomic E-state index is 12.4. The van der Waals surface area contributed by atoms with Gasteiger partial charge in [-0.05, 0) is 55.8 Å². The normalized spacial score (nSPS) is 12.4. The second-order valence-corrected chi connectivity index (χ2v) is 5.88. The van der Waals surface area contributed by atoms with Crippen LogP contribution in [0.4, 0.5) is 0 Å². The van der Waals surface area contributed by atoms with Gasteiger partial charge in [0.25, 0.3) is 0 Å². The summed E-state index contributed by atoms with van der Waals surface area (Å²) in [6.45, 7) is 8.55. The van der Waals surface area contributed by atoms with Crippen LogP contribution in [0.3, 0.4) is 0 Å². The molecule has 0 aliphatic heterocycles. The van der Waals surface area contributed by atoms with Crippen molar-refractivity contribution >= 4 is 5.91 Å². The fourth-order valence-corrected chi connectivity index (χ4v) is 2.58. The van der Waals surface area contributed by atoms with Crippen LogP contribution in [0.5, 0.6) is 0 Å². The zero-order valence-electron chi connectivity index (χ0n) is 13.6. The second kappa shape index (κ2) is 9.50. The summed E-state index contributed by atoms with van der Waals surface area (Å²) in [5, 5.41) is 0. The molecule has 118 valence electrons. The highest BCUT2D eigenvalue weighted by molar-refractivity contribution is 5.76. The Kier molecular flexibility index (Phi) is 7.98. The summed E-state index contributed by atoms with van der Waals surface area (Å²) in [5.41, 5.74) is 6.79. The van der Waals surface area contributed by atoms with Gasteiger partial charge < -0.3 is 10.6 Å². The van der Waals surface area contributed by atoms with Crippen LogP contribution in [0, 0.1) is 11.8 Å². The SMILES string of the molecule is CCN(Cc1ccncc1)C(=O)CCC(CCN)C(C)C. The summed E-state index contributed by atoms with van der Waals surface area (Å²) < 4.78 is 0. The van der Waals surface area contributed by atoms with Crippen molar-refractivity contribution in [3.8, 4) is 0 Å². The lowest BCUT2D eigenvalue weighted by atomic mass is 9.88. The Morgan fingerprint density at radius 1 is 1.29 bits per heavy atom. The number of amides is 1. The molecule has 4 heteroatoms. The first-order chi connectivity index (χ1) is 10.1. The summed E-state index contributed by atoms with van der Waals surface area (Å²) in [6.07, 6.45) is 6.08. The zero-order valence-corrected chi connectivity index (χ0v) is 13.6. The standard InChI is InChI=1S/C17H29N3O/c1-4-20(13-15-8-11-19-12-9-15)17(21)6-5-16(7-10-18)14(2)3/h8-9,11-12,14,16H,4-7,10,13,18H2,1-3H3. The molecule has 0 saturated heterocycles. The maximum absolute atomic E-state index is 12.4. The molecule has 0 aliphatic carbocycles. The molecule has 1 heterocycles. The molecular formula is C17H29N3O. The van der Waals surface area contributed by atoms with E-state index in [1.54, 1.807) is 12.4 Å². The minimum absolute atomic E-state index is 0.233. The average molecular weight is 291 g/mol. The van der Waals surface area contributed by atoms with Gasteiger partial charge in [0.2, 0.25) is 5.91 Å². The minimum Gasteiger partial charge on any atom is -0.339 e. The lowest BCUT2D eigenvalue weighted by molar-refractivity contribution is -0.132. The monoisotopic (exact) mass is 291 g/mol. The van der Waals surface area contributed by atoms with E-state index in [9.17, 15) is 4.79 Å². The van der Waals surface area contributed by atoms with Crippen molar-refractivity contribution in [3.05, 3.63) is 30.1 Å². The lowest BCUT2D eigenvalue weighted by Crippen LogP contribution is -2.31. The van der Waals surface area contributed by atoms with Gasteiger partial charge in [-0.1, -0.05) is 13.8 Å². The van der Waals surface area contributed by atoms with Crippen molar-refractivity contribution in [2.24, 2.45) is 17.6 Å². The van der Waals surface area contributed by atoms with Gasteiger partial charge in [-0.15, -0.1) is 0 Å². The molecule has 1 amide bonds. The van der Waals surface area contributed by atoms with Crippen LogP contribution in [-0.2, 0) is 11.3 Å². The molecule has 1 aromatic rings. The van der Waals surface area contributed by atoms with Crippen molar-refractivity contribution in [1.82, 2.24) is 9.88 Å². The molecule has 2 N–H and O–H groups in total. The molecule has 1 atom stereocenters. The minimum atomic E-state index is 0.233. The van der Waals surface area contributed by atoms with Gasteiger partial charge in [0, 0.05) is 31.9 Å². The van der Waals surface area contributed by atoms with Gasteiger partial charge in [0.05, 0.1) is 0 Å². The zero-order chi connectivity index (χ0) is 15.7. The summed E-state index contributed by atoms with van der Waals surface area (Å²) in [7, 11) is 0. The third-order valence-electron chi connectivity index (χ3n) is 4.07. The van der Waals surface area contributed by atoms with Gasteiger partial charge in [-0.25, -0.2) is 0 Å². The van der Waals surface area contributed by atoms with E-state index in [1.165, 1.54) is 0 Å².